The fourth-order valence-corrected chi connectivity index (χ4v) is 7.18. The van der Waals surface area contributed by atoms with E-state index >= 15 is 0 Å². The average molecular weight is 819 g/mol. The SMILES string of the molecule is CCCCCCCCCCc1cc(S(=O)(=O)[O-])ccc1Oc1ccccc1.CCCCCCCCCCc1cc(S(=O)(=O)[O-])ccc1Oc1ccccc1.[Ca+2]. The normalized spacial score (nSPS) is 11.3. The molecule has 55 heavy (non-hydrogen) atoms. The van der Waals surface area contributed by atoms with E-state index in [-0.39, 0.29) is 47.5 Å². The van der Waals surface area contributed by atoms with Gasteiger partial charge in [-0.05, 0) is 97.5 Å². The molecule has 0 saturated carbocycles. The van der Waals surface area contributed by atoms with Crippen molar-refractivity contribution in [1.82, 2.24) is 0 Å². The molecule has 0 saturated heterocycles. The summed E-state index contributed by atoms with van der Waals surface area (Å²) in [5.41, 5.74) is 1.53. The summed E-state index contributed by atoms with van der Waals surface area (Å²) in [6, 6.07) is 27.4. The van der Waals surface area contributed by atoms with Crippen LogP contribution in [0.1, 0.15) is 128 Å². The average Bonchev–Trinajstić information content (AvgIpc) is 3.15. The number of para-hydroxylation sites is 2. The van der Waals surface area contributed by atoms with Crippen molar-refractivity contribution < 1.29 is 35.4 Å². The van der Waals surface area contributed by atoms with Gasteiger partial charge in [-0.2, -0.15) is 0 Å². The number of hydrogen-bond donors (Lipinski definition) is 0. The van der Waals surface area contributed by atoms with Gasteiger partial charge in [0.15, 0.2) is 0 Å². The quantitative estimate of drug-likeness (QED) is 0.0388. The zero-order valence-electron chi connectivity index (χ0n) is 32.8. The number of ether oxygens (including phenoxy) is 2. The zero-order valence-corrected chi connectivity index (χ0v) is 36.6. The minimum Gasteiger partial charge on any atom is -0.744 e. The topological polar surface area (TPSA) is 133 Å². The van der Waals surface area contributed by atoms with E-state index in [1.807, 2.05) is 60.7 Å². The summed E-state index contributed by atoms with van der Waals surface area (Å²) in [4.78, 5) is -0.394. The van der Waals surface area contributed by atoms with Gasteiger partial charge in [-0.3, -0.25) is 0 Å². The van der Waals surface area contributed by atoms with Crippen molar-refractivity contribution in [3.05, 3.63) is 108 Å². The second kappa shape index (κ2) is 27.2. The van der Waals surface area contributed by atoms with Gasteiger partial charge in [-0.25, -0.2) is 16.8 Å². The molecule has 296 valence electrons. The van der Waals surface area contributed by atoms with E-state index in [1.165, 1.54) is 101 Å². The van der Waals surface area contributed by atoms with Crippen LogP contribution in [0.15, 0.2) is 107 Å². The van der Waals surface area contributed by atoms with Crippen LogP contribution in [0.5, 0.6) is 23.0 Å². The Bertz CT molecular complexity index is 1710. The fourth-order valence-electron chi connectivity index (χ4n) is 6.14. The van der Waals surface area contributed by atoms with Crippen molar-refractivity contribution in [3.63, 3.8) is 0 Å². The summed E-state index contributed by atoms with van der Waals surface area (Å²) in [6.07, 6.45) is 20.6. The largest absolute Gasteiger partial charge is 2.00 e. The van der Waals surface area contributed by atoms with E-state index in [4.69, 9.17) is 9.47 Å². The molecule has 0 aliphatic carbocycles. The smallest absolute Gasteiger partial charge is 0.744 e. The Morgan fingerprint density at radius 1 is 0.436 bits per heavy atom. The Kier molecular flexibility index (Phi) is 24.1. The molecule has 4 aromatic carbocycles. The van der Waals surface area contributed by atoms with Gasteiger partial charge in [0.1, 0.15) is 43.2 Å². The van der Waals surface area contributed by atoms with Crippen LogP contribution in [0.4, 0.5) is 0 Å². The van der Waals surface area contributed by atoms with E-state index in [0.29, 0.717) is 35.8 Å². The van der Waals surface area contributed by atoms with Crippen LogP contribution in [0.25, 0.3) is 0 Å². The second-order valence-electron chi connectivity index (χ2n) is 13.7. The molecule has 0 radical (unpaired) electrons. The first-order valence-electron chi connectivity index (χ1n) is 19.6. The molecule has 0 N–H and O–H groups in total. The van der Waals surface area contributed by atoms with Crippen molar-refractivity contribution in [2.24, 2.45) is 0 Å². The molecule has 0 spiro atoms. The Morgan fingerprint density at radius 2 is 0.745 bits per heavy atom. The number of benzene rings is 4. The zero-order chi connectivity index (χ0) is 39.1. The third kappa shape index (κ3) is 20.0. The maximum Gasteiger partial charge on any atom is 2.00 e. The van der Waals surface area contributed by atoms with Gasteiger partial charge in [-0.1, -0.05) is 140 Å². The Labute approximate surface area is 361 Å². The molecule has 0 aliphatic rings. The van der Waals surface area contributed by atoms with E-state index in [1.54, 1.807) is 12.1 Å². The molecule has 0 fully saturated rings. The molecule has 0 aliphatic heterocycles. The molecule has 0 aromatic heterocycles. The number of hydrogen-bond acceptors (Lipinski definition) is 8. The molecule has 0 amide bonds. The summed E-state index contributed by atoms with van der Waals surface area (Å²) >= 11 is 0. The summed E-state index contributed by atoms with van der Waals surface area (Å²) in [6.45, 7) is 4.43. The molecule has 4 rings (SSSR count). The molecule has 8 nitrogen and oxygen atoms in total. The van der Waals surface area contributed by atoms with Crippen molar-refractivity contribution in [2.75, 3.05) is 0 Å². The van der Waals surface area contributed by atoms with Crippen molar-refractivity contribution in [2.45, 2.75) is 139 Å². The molecular formula is C44H58CaO8S2. The third-order valence-corrected chi connectivity index (χ3v) is 10.8. The number of aryl methyl sites for hydroxylation is 2. The molecule has 0 bridgehead atoms. The molecule has 4 aromatic rings. The van der Waals surface area contributed by atoms with Gasteiger partial charge in [0.25, 0.3) is 0 Å². The van der Waals surface area contributed by atoms with Crippen LogP contribution in [0.2, 0.25) is 0 Å². The van der Waals surface area contributed by atoms with Gasteiger partial charge < -0.3 is 18.6 Å². The van der Waals surface area contributed by atoms with Gasteiger partial charge in [0.05, 0.1) is 9.79 Å². The summed E-state index contributed by atoms with van der Waals surface area (Å²) in [5, 5.41) is 0. The van der Waals surface area contributed by atoms with Crippen LogP contribution >= 0.6 is 0 Å². The number of rotatable bonds is 24. The molecule has 11 heteroatoms. The van der Waals surface area contributed by atoms with Gasteiger partial charge in [0, 0.05) is 0 Å². The molecule has 0 heterocycles. The van der Waals surface area contributed by atoms with Crippen LogP contribution < -0.4 is 9.47 Å². The fraction of sp³-hybridized carbons (Fsp3) is 0.455. The predicted octanol–water partition coefficient (Wildman–Crippen LogP) is 11.8. The second-order valence-corrected chi connectivity index (χ2v) is 16.5. The maximum absolute atomic E-state index is 11.4. The van der Waals surface area contributed by atoms with Crippen molar-refractivity contribution in [3.8, 4) is 23.0 Å². The van der Waals surface area contributed by atoms with E-state index in [0.717, 1.165) is 36.8 Å². The van der Waals surface area contributed by atoms with E-state index < -0.39 is 20.2 Å². The summed E-state index contributed by atoms with van der Waals surface area (Å²) < 4.78 is 80.0. The first-order valence-corrected chi connectivity index (χ1v) is 22.5. The van der Waals surface area contributed by atoms with Gasteiger partial charge >= 0.3 is 37.7 Å². The van der Waals surface area contributed by atoms with Gasteiger partial charge in [-0.15, -0.1) is 0 Å². The van der Waals surface area contributed by atoms with Crippen LogP contribution in [0.3, 0.4) is 0 Å². The Hall–Kier alpha value is -2.44. The summed E-state index contributed by atoms with van der Waals surface area (Å²) in [7, 11) is -8.94. The van der Waals surface area contributed by atoms with E-state index in [9.17, 15) is 25.9 Å². The van der Waals surface area contributed by atoms with Gasteiger partial charge in [0.2, 0.25) is 0 Å². The first kappa shape index (κ1) is 48.7. The third-order valence-electron chi connectivity index (χ3n) is 9.18. The first-order chi connectivity index (χ1) is 26.0. The maximum atomic E-state index is 11.4. The van der Waals surface area contributed by atoms with Crippen LogP contribution in [0, 0.1) is 0 Å². The van der Waals surface area contributed by atoms with Crippen molar-refractivity contribution in [1.29, 1.82) is 0 Å². The van der Waals surface area contributed by atoms with Crippen LogP contribution in [-0.2, 0) is 33.1 Å². The molecular weight excluding hydrogens is 761 g/mol. The predicted molar refractivity (Wildman–Crippen MR) is 220 cm³/mol. The molecule has 0 atom stereocenters. The van der Waals surface area contributed by atoms with Crippen molar-refractivity contribution >= 4 is 58.0 Å². The summed E-state index contributed by atoms with van der Waals surface area (Å²) in [5.74, 6) is 2.59. The number of unbranched alkanes of at least 4 members (excludes halogenated alkanes) is 14. The minimum absolute atomic E-state index is 0. The standard InChI is InChI=1S/2C22H30O4S.Ca/c2*1-2-3-4-5-6-7-8-10-13-19-18-21(27(23,24)25)16-17-22(19)26-20-14-11-9-12-15-20;/h2*9,11-12,14-18H,2-8,10,13H2,1H3,(H,23,24,25);/q;;+2/p-2. The molecule has 0 unspecified atom stereocenters. The van der Waals surface area contributed by atoms with E-state index in [2.05, 4.69) is 13.8 Å². The van der Waals surface area contributed by atoms with Crippen LogP contribution in [-0.4, -0.2) is 63.7 Å². The Balaban J connectivity index is 0.000000373. The minimum atomic E-state index is -4.47. The monoisotopic (exact) mass is 818 g/mol. The Morgan fingerprint density at radius 3 is 1.05 bits per heavy atom.